The Morgan fingerprint density at radius 3 is 2.75 bits per heavy atom. The molecule has 28 heavy (non-hydrogen) atoms. The summed E-state index contributed by atoms with van der Waals surface area (Å²) in [5.74, 6) is 0.555. The van der Waals surface area contributed by atoms with E-state index in [0.717, 1.165) is 24.2 Å². The lowest BCUT2D eigenvalue weighted by Crippen LogP contribution is -2.25. The summed E-state index contributed by atoms with van der Waals surface area (Å²) < 4.78 is 5.18. The molecule has 2 aromatic carbocycles. The number of nitrogens with one attached hydrogen (secondary N) is 1. The van der Waals surface area contributed by atoms with Crippen molar-refractivity contribution in [2.24, 2.45) is 0 Å². The molecule has 0 unspecified atom stereocenters. The zero-order chi connectivity index (χ0) is 19.5. The zero-order valence-electron chi connectivity index (χ0n) is 14.9. The van der Waals surface area contributed by atoms with E-state index < -0.39 is 0 Å². The van der Waals surface area contributed by atoms with Gasteiger partial charge in [0.1, 0.15) is 0 Å². The van der Waals surface area contributed by atoms with Crippen LogP contribution in [0.4, 0.5) is 5.69 Å². The van der Waals surface area contributed by atoms with Crippen LogP contribution in [-0.4, -0.2) is 28.5 Å². The predicted octanol–water partition coefficient (Wildman–Crippen LogP) is 3.45. The molecule has 0 bridgehead atoms. The molecule has 1 saturated heterocycles. The van der Waals surface area contributed by atoms with E-state index in [9.17, 15) is 9.59 Å². The van der Waals surface area contributed by atoms with Crippen LogP contribution < -0.4 is 10.2 Å². The van der Waals surface area contributed by atoms with Gasteiger partial charge in [0.15, 0.2) is 0 Å². The van der Waals surface area contributed by atoms with E-state index in [2.05, 4.69) is 15.5 Å². The van der Waals surface area contributed by atoms with Crippen molar-refractivity contribution in [1.29, 1.82) is 0 Å². The highest BCUT2D eigenvalue weighted by atomic mass is 35.5. The van der Waals surface area contributed by atoms with E-state index in [0.29, 0.717) is 28.7 Å². The molecular weight excluding hydrogens is 380 g/mol. The maximum Gasteiger partial charge on any atom is 0.251 e. The van der Waals surface area contributed by atoms with Crippen molar-refractivity contribution in [3.05, 3.63) is 65.0 Å². The average Bonchev–Trinajstić information content (AvgIpc) is 3.35. The molecule has 0 radical (unpaired) electrons. The van der Waals surface area contributed by atoms with Gasteiger partial charge in [-0.1, -0.05) is 28.9 Å². The maximum absolute atomic E-state index is 12.3. The second-order valence-electron chi connectivity index (χ2n) is 6.40. The van der Waals surface area contributed by atoms with E-state index in [1.54, 1.807) is 47.4 Å². The first kappa shape index (κ1) is 18.2. The van der Waals surface area contributed by atoms with Gasteiger partial charge >= 0.3 is 0 Å². The minimum atomic E-state index is -0.262. The summed E-state index contributed by atoms with van der Waals surface area (Å²) in [5.41, 5.74) is 2.04. The number of halogens is 1. The number of nitrogens with zero attached hydrogens (tertiary/aromatic N) is 3. The maximum atomic E-state index is 12.3. The highest BCUT2D eigenvalue weighted by Gasteiger charge is 2.21. The molecule has 1 aliphatic rings. The molecule has 3 aromatic rings. The largest absolute Gasteiger partial charge is 0.343 e. The molecule has 0 atom stereocenters. The fraction of sp³-hybridized carbons (Fsp3) is 0.200. The fourth-order valence-corrected chi connectivity index (χ4v) is 3.23. The lowest BCUT2D eigenvalue weighted by molar-refractivity contribution is -0.117. The number of aromatic nitrogens is 2. The third kappa shape index (κ3) is 3.89. The molecule has 2 heterocycles. The van der Waals surface area contributed by atoms with Crippen LogP contribution in [0.25, 0.3) is 11.4 Å². The van der Waals surface area contributed by atoms with E-state index in [1.165, 1.54) is 0 Å². The van der Waals surface area contributed by atoms with E-state index in [-0.39, 0.29) is 18.4 Å². The van der Waals surface area contributed by atoms with Crippen molar-refractivity contribution >= 4 is 29.1 Å². The molecule has 1 fully saturated rings. The van der Waals surface area contributed by atoms with Gasteiger partial charge < -0.3 is 14.7 Å². The Balaban J connectivity index is 1.37. The number of carbonyl (C=O) groups excluding carboxylic acids is 2. The summed E-state index contributed by atoms with van der Waals surface area (Å²) in [6.45, 7) is 0.829. The summed E-state index contributed by atoms with van der Waals surface area (Å²) >= 11 is 5.97. The highest BCUT2D eigenvalue weighted by molar-refractivity contribution is 6.30. The van der Waals surface area contributed by atoms with Crippen LogP contribution in [0.2, 0.25) is 5.02 Å². The molecule has 0 saturated carbocycles. The Kier molecular flexibility index (Phi) is 5.08. The number of anilines is 1. The summed E-state index contributed by atoms with van der Waals surface area (Å²) in [7, 11) is 0. The number of hydrogen-bond donors (Lipinski definition) is 1. The molecule has 0 spiro atoms. The molecule has 1 aromatic heterocycles. The van der Waals surface area contributed by atoms with Crippen LogP contribution in [0.3, 0.4) is 0 Å². The van der Waals surface area contributed by atoms with E-state index in [1.807, 2.05) is 6.07 Å². The van der Waals surface area contributed by atoms with Crippen molar-refractivity contribution in [2.75, 3.05) is 11.4 Å². The van der Waals surface area contributed by atoms with Gasteiger partial charge in [0.25, 0.3) is 5.91 Å². The van der Waals surface area contributed by atoms with Gasteiger partial charge in [-0.25, -0.2) is 0 Å². The first-order chi connectivity index (χ1) is 13.6. The van der Waals surface area contributed by atoms with Crippen molar-refractivity contribution < 1.29 is 14.1 Å². The minimum absolute atomic E-state index is 0.110. The number of benzene rings is 2. The summed E-state index contributed by atoms with van der Waals surface area (Å²) in [4.78, 5) is 30.1. The van der Waals surface area contributed by atoms with Crippen LogP contribution in [0.5, 0.6) is 0 Å². The molecule has 7 nitrogen and oxygen atoms in total. The predicted molar refractivity (Wildman–Crippen MR) is 104 cm³/mol. The molecule has 1 aliphatic heterocycles. The van der Waals surface area contributed by atoms with Crippen molar-refractivity contribution in [3.63, 3.8) is 0 Å². The number of carbonyl (C=O) groups is 2. The molecule has 0 aliphatic carbocycles. The molecule has 8 heteroatoms. The fourth-order valence-electron chi connectivity index (χ4n) is 3.04. The van der Waals surface area contributed by atoms with Crippen molar-refractivity contribution in [2.45, 2.75) is 19.4 Å². The van der Waals surface area contributed by atoms with Crippen molar-refractivity contribution in [1.82, 2.24) is 15.5 Å². The van der Waals surface area contributed by atoms with Crippen molar-refractivity contribution in [3.8, 4) is 11.4 Å². The highest BCUT2D eigenvalue weighted by Crippen LogP contribution is 2.22. The van der Waals surface area contributed by atoms with Gasteiger partial charge in [-0.15, -0.1) is 0 Å². The SMILES string of the molecule is O=C(NCc1nc(-c2cccc(Cl)c2)no1)c1ccc(N2CCCC2=O)cc1. The third-order valence-electron chi connectivity index (χ3n) is 4.47. The standard InChI is InChI=1S/C20H17ClN4O3/c21-15-4-1-3-14(11-15)19-23-17(28-24-19)12-22-20(27)13-6-8-16(9-7-13)25-10-2-5-18(25)26/h1,3-4,6-9,11H,2,5,10,12H2,(H,22,27). The molecule has 2 amide bonds. The van der Waals surface area contributed by atoms with Gasteiger partial charge in [0, 0.05) is 34.8 Å². The Morgan fingerprint density at radius 1 is 1.21 bits per heavy atom. The summed E-state index contributed by atoms with van der Waals surface area (Å²) in [6.07, 6.45) is 1.44. The summed E-state index contributed by atoms with van der Waals surface area (Å²) in [5, 5.41) is 7.23. The van der Waals surface area contributed by atoms with Crippen LogP contribution in [0.1, 0.15) is 29.1 Å². The first-order valence-electron chi connectivity index (χ1n) is 8.87. The van der Waals surface area contributed by atoms with Crippen LogP contribution in [0.15, 0.2) is 53.1 Å². The molecule has 1 N–H and O–H groups in total. The minimum Gasteiger partial charge on any atom is -0.343 e. The quantitative estimate of drug-likeness (QED) is 0.713. The molecular formula is C20H17ClN4O3. The van der Waals surface area contributed by atoms with Gasteiger partial charge in [-0.05, 0) is 42.8 Å². The molecule has 4 rings (SSSR count). The number of hydrogen-bond acceptors (Lipinski definition) is 5. The van der Waals surface area contributed by atoms with Crippen LogP contribution in [-0.2, 0) is 11.3 Å². The second-order valence-corrected chi connectivity index (χ2v) is 6.84. The Hall–Kier alpha value is -3.19. The smallest absolute Gasteiger partial charge is 0.251 e. The lowest BCUT2D eigenvalue weighted by atomic mass is 10.2. The van der Waals surface area contributed by atoms with Crippen LogP contribution in [0, 0.1) is 0 Å². The third-order valence-corrected chi connectivity index (χ3v) is 4.70. The normalized spacial score (nSPS) is 13.8. The topological polar surface area (TPSA) is 88.3 Å². The van der Waals surface area contributed by atoms with Crippen LogP contribution >= 0.6 is 11.6 Å². The number of rotatable bonds is 5. The number of amides is 2. The monoisotopic (exact) mass is 396 g/mol. The lowest BCUT2D eigenvalue weighted by Gasteiger charge is -2.15. The van der Waals surface area contributed by atoms with Gasteiger partial charge in [0.2, 0.25) is 17.6 Å². The van der Waals surface area contributed by atoms with Gasteiger partial charge in [-0.3, -0.25) is 9.59 Å². The first-order valence-corrected chi connectivity index (χ1v) is 9.25. The van der Waals surface area contributed by atoms with E-state index >= 15 is 0 Å². The van der Waals surface area contributed by atoms with E-state index in [4.69, 9.17) is 16.1 Å². The van der Waals surface area contributed by atoms with Gasteiger partial charge in [0.05, 0.1) is 6.54 Å². The Bertz CT molecular complexity index is 1020. The van der Waals surface area contributed by atoms with Gasteiger partial charge in [-0.2, -0.15) is 4.98 Å². The Labute approximate surface area is 166 Å². The second kappa shape index (κ2) is 7.82. The summed E-state index contributed by atoms with van der Waals surface area (Å²) in [6, 6.07) is 14.1. The molecule has 142 valence electrons. The average molecular weight is 397 g/mol. The Morgan fingerprint density at radius 2 is 2.04 bits per heavy atom. The zero-order valence-corrected chi connectivity index (χ0v) is 15.6.